The van der Waals surface area contributed by atoms with E-state index in [1.54, 1.807) is 19.2 Å². The Balaban J connectivity index is 2.78. The molecule has 18 heavy (non-hydrogen) atoms. The van der Waals surface area contributed by atoms with Crippen LogP contribution in [-0.2, 0) is 4.74 Å². The van der Waals surface area contributed by atoms with Gasteiger partial charge in [0.05, 0.1) is 12.0 Å². The first kappa shape index (κ1) is 14.2. The molecule has 0 bridgehead atoms. The van der Waals surface area contributed by atoms with E-state index in [0.717, 1.165) is 6.42 Å². The van der Waals surface area contributed by atoms with Gasteiger partial charge in [0.15, 0.2) is 5.75 Å². The van der Waals surface area contributed by atoms with Crippen LogP contribution in [0.25, 0.3) is 0 Å². The number of nitrogens with one attached hydrogen (secondary N) is 1. The summed E-state index contributed by atoms with van der Waals surface area (Å²) in [6, 6.07) is 5.00. The van der Waals surface area contributed by atoms with Crippen LogP contribution in [0.4, 0.5) is 11.4 Å². The fourth-order valence-corrected chi connectivity index (χ4v) is 1.57. The summed E-state index contributed by atoms with van der Waals surface area (Å²) in [5, 5.41) is 14.1. The van der Waals surface area contributed by atoms with E-state index in [2.05, 4.69) is 5.32 Å². The largest absolute Gasteiger partial charge is 0.490 e. The summed E-state index contributed by atoms with van der Waals surface area (Å²) < 4.78 is 9.92. The van der Waals surface area contributed by atoms with E-state index in [9.17, 15) is 10.1 Å². The average Bonchev–Trinajstić information content (AvgIpc) is 2.36. The summed E-state index contributed by atoms with van der Waals surface area (Å²) in [6.45, 7) is 2.64. The Labute approximate surface area is 106 Å². The standard InChI is InChI=1S/C12H18N2O4/c1-9(6-7-17-2)13-10-4-5-12(18-3)11(8-10)14(15)16/h4-5,8-9,13H,6-7H2,1-3H3. The molecule has 1 rings (SSSR count). The van der Waals surface area contributed by atoms with Crippen molar-refractivity contribution >= 4 is 11.4 Å². The Kier molecular flexibility index (Phi) is 5.38. The topological polar surface area (TPSA) is 73.6 Å². The molecular formula is C12H18N2O4. The van der Waals surface area contributed by atoms with Crippen molar-refractivity contribution in [3.8, 4) is 5.75 Å². The Hall–Kier alpha value is -1.82. The highest BCUT2D eigenvalue weighted by Crippen LogP contribution is 2.29. The van der Waals surface area contributed by atoms with Gasteiger partial charge >= 0.3 is 5.69 Å². The summed E-state index contributed by atoms with van der Waals surface area (Å²) in [5.41, 5.74) is 0.660. The zero-order chi connectivity index (χ0) is 13.5. The van der Waals surface area contributed by atoms with Gasteiger partial charge in [-0.2, -0.15) is 0 Å². The molecule has 1 aromatic carbocycles. The molecule has 0 saturated heterocycles. The van der Waals surface area contributed by atoms with Crippen molar-refractivity contribution in [2.24, 2.45) is 0 Å². The Morgan fingerprint density at radius 2 is 2.17 bits per heavy atom. The lowest BCUT2D eigenvalue weighted by atomic mass is 10.2. The van der Waals surface area contributed by atoms with Gasteiger partial charge in [0.1, 0.15) is 0 Å². The van der Waals surface area contributed by atoms with Crippen LogP contribution in [-0.4, -0.2) is 31.8 Å². The van der Waals surface area contributed by atoms with Crippen LogP contribution in [0.3, 0.4) is 0 Å². The molecule has 0 aliphatic heterocycles. The predicted octanol–water partition coefficient (Wildman–Crippen LogP) is 2.44. The molecule has 0 amide bonds. The van der Waals surface area contributed by atoms with Gasteiger partial charge in [0.2, 0.25) is 0 Å². The molecule has 1 aromatic rings. The Bertz CT molecular complexity index is 409. The molecule has 0 aliphatic carbocycles. The molecule has 1 unspecified atom stereocenters. The van der Waals surface area contributed by atoms with Crippen LogP contribution in [0.1, 0.15) is 13.3 Å². The van der Waals surface area contributed by atoms with E-state index >= 15 is 0 Å². The van der Waals surface area contributed by atoms with Gasteiger partial charge in [0, 0.05) is 31.5 Å². The van der Waals surface area contributed by atoms with Gasteiger partial charge in [-0.15, -0.1) is 0 Å². The number of benzene rings is 1. The van der Waals surface area contributed by atoms with Gasteiger partial charge < -0.3 is 14.8 Å². The minimum atomic E-state index is -0.455. The summed E-state index contributed by atoms with van der Waals surface area (Å²) in [5.74, 6) is 0.259. The maximum Gasteiger partial charge on any atom is 0.312 e. The zero-order valence-corrected chi connectivity index (χ0v) is 10.8. The van der Waals surface area contributed by atoms with Crippen molar-refractivity contribution in [3.05, 3.63) is 28.3 Å². The number of rotatable bonds is 7. The molecule has 1 N–H and O–H groups in total. The second kappa shape index (κ2) is 6.80. The van der Waals surface area contributed by atoms with Gasteiger partial charge in [0.25, 0.3) is 0 Å². The quantitative estimate of drug-likeness (QED) is 0.597. The normalized spacial score (nSPS) is 11.9. The molecule has 0 radical (unpaired) electrons. The number of nitro groups is 1. The van der Waals surface area contributed by atoms with Crippen LogP contribution in [0.2, 0.25) is 0 Å². The van der Waals surface area contributed by atoms with Gasteiger partial charge in [-0.3, -0.25) is 10.1 Å². The van der Waals surface area contributed by atoms with Crippen molar-refractivity contribution in [3.63, 3.8) is 0 Å². The first-order valence-corrected chi connectivity index (χ1v) is 5.66. The molecule has 6 heteroatoms. The fourth-order valence-electron chi connectivity index (χ4n) is 1.57. The third-order valence-electron chi connectivity index (χ3n) is 2.54. The average molecular weight is 254 g/mol. The lowest BCUT2D eigenvalue weighted by molar-refractivity contribution is -0.385. The first-order chi connectivity index (χ1) is 8.58. The monoisotopic (exact) mass is 254 g/mol. The third-order valence-corrected chi connectivity index (χ3v) is 2.54. The SMILES string of the molecule is COCCC(C)Nc1ccc(OC)c([N+](=O)[O-])c1. The summed E-state index contributed by atoms with van der Waals surface area (Å²) in [4.78, 5) is 10.4. The Morgan fingerprint density at radius 1 is 1.44 bits per heavy atom. The number of methoxy groups -OCH3 is 2. The first-order valence-electron chi connectivity index (χ1n) is 5.66. The van der Waals surface area contributed by atoms with E-state index in [-0.39, 0.29) is 17.5 Å². The molecule has 0 saturated carbocycles. The molecule has 0 aromatic heterocycles. The van der Waals surface area contributed by atoms with E-state index in [0.29, 0.717) is 12.3 Å². The number of hydrogen-bond acceptors (Lipinski definition) is 5. The molecule has 0 heterocycles. The highest BCUT2D eigenvalue weighted by atomic mass is 16.6. The third kappa shape index (κ3) is 3.89. The van der Waals surface area contributed by atoms with E-state index in [4.69, 9.17) is 9.47 Å². The lowest BCUT2D eigenvalue weighted by Gasteiger charge is -2.15. The number of hydrogen-bond donors (Lipinski definition) is 1. The maximum atomic E-state index is 10.9. The second-order valence-corrected chi connectivity index (χ2v) is 3.97. The zero-order valence-electron chi connectivity index (χ0n) is 10.8. The van der Waals surface area contributed by atoms with Crippen LogP contribution in [0, 0.1) is 10.1 Å². The van der Waals surface area contributed by atoms with Crippen molar-refractivity contribution in [2.45, 2.75) is 19.4 Å². The van der Waals surface area contributed by atoms with E-state index in [1.165, 1.54) is 13.2 Å². The van der Waals surface area contributed by atoms with Crippen molar-refractivity contribution < 1.29 is 14.4 Å². The van der Waals surface area contributed by atoms with Crippen LogP contribution >= 0.6 is 0 Å². The highest BCUT2D eigenvalue weighted by molar-refractivity contribution is 5.58. The van der Waals surface area contributed by atoms with Crippen molar-refractivity contribution in [1.82, 2.24) is 0 Å². The fraction of sp³-hybridized carbons (Fsp3) is 0.500. The molecule has 1 atom stereocenters. The van der Waals surface area contributed by atoms with Crippen LogP contribution in [0.15, 0.2) is 18.2 Å². The minimum absolute atomic E-state index is 0.0403. The van der Waals surface area contributed by atoms with Crippen molar-refractivity contribution in [1.29, 1.82) is 0 Å². The second-order valence-electron chi connectivity index (χ2n) is 3.97. The summed E-state index contributed by atoms with van der Waals surface area (Å²) in [6.07, 6.45) is 0.830. The van der Waals surface area contributed by atoms with Crippen molar-refractivity contribution in [2.75, 3.05) is 26.1 Å². The predicted molar refractivity (Wildman–Crippen MR) is 69.2 cm³/mol. The Morgan fingerprint density at radius 3 is 2.72 bits per heavy atom. The molecule has 0 fully saturated rings. The highest BCUT2D eigenvalue weighted by Gasteiger charge is 2.15. The minimum Gasteiger partial charge on any atom is -0.490 e. The van der Waals surface area contributed by atoms with Gasteiger partial charge in [-0.25, -0.2) is 0 Å². The van der Waals surface area contributed by atoms with Crippen LogP contribution < -0.4 is 10.1 Å². The summed E-state index contributed by atoms with van der Waals surface area (Å²) >= 11 is 0. The number of anilines is 1. The number of ether oxygens (including phenoxy) is 2. The van der Waals surface area contributed by atoms with E-state index < -0.39 is 4.92 Å². The van der Waals surface area contributed by atoms with Crippen LogP contribution in [0.5, 0.6) is 5.75 Å². The number of nitro benzene ring substituents is 1. The van der Waals surface area contributed by atoms with Gasteiger partial charge in [-0.1, -0.05) is 0 Å². The maximum absolute atomic E-state index is 10.9. The van der Waals surface area contributed by atoms with Gasteiger partial charge in [-0.05, 0) is 25.5 Å². The molecule has 0 spiro atoms. The molecule has 100 valence electrons. The summed E-state index contributed by atoms with van der Waals surface area (Å²) in [7, 11) is 3.06. The van der Waals surface area contributed by atoms with E-state index in [1.807, 2.05) is 6.92 Å². The lowest BCUT2D eigenvalue weighted by Crippen LogP contribution is -2.17. The molecule has 0 aliphatic rings. The molecule has 6 nitrogen and oxygen atoms in total. The molecular weight excluding hydrogens is 236 g/mol. The smallest absolute Gasteiger partial charge is 0.312 e. The number of nitrogens with zero attached hydrogens (tertiary/aromatic N) is 1.